The number of halogens is 3. The van der Waals surface area contributed by atoms with Crippen molar-refractivity contribution in [3.05, 3.63) is 63.2 Å². The molecular weight excluding hydrogens is 350 g/mol. The van der Waals surface area contributed by atoms with E-state index in [9.17, 15) is 23.7 Å². The SMILES string of the molecule is O=C(CSc1ccc(F)cc1F)Nc1cc(Cl)ccc1[N+](=O)[O-]. The number of carbonyl (C=O) groups excluding carboxylic acids is 1. The summed E-state index contributed by atoms with van der Waals surface area (Å²) >= 11 is 6.59. The van der Waals surface area contributed by atoms with Gasteiger partial charge in [0.25, 0.3) is 5.69 Å². The van der Waals surface area contributed by atoms with Crippen LogP contribution in [0, 0.1) is 21.7 Å². The lowest BCUT2D eigenvalue weighted by Gasteiger charge is -2.07. The van der Waals surface area contributed by atoms with Crippen LogP contribution in [0.4, 0.5) is 20.2 Å². The van der Waals surface area contributed by atoms with Gasteiger partial charge in [0.05, 0.1) is 10.7 Å². The minimum atomic E-state index is -0.781. The Hall–Kier alpha value is -2.19. The van der Waals surface area contributed by atoms with Crippen LogP contribution in [0.2, 0.25) is 5.02 Å². The van der Waals surface area contributed by atoms with Crippen LogP contribution >= 0.6 is 23.4 Å². The van der Waals surface area contributed by atoms with Gasteiger partial charge in [-0.3, -0.25) is 14.9 Å². The van der Waals surface area contributed by atoms with Gasteiger partial charge in [-0.2, -0.15) is 0 Å². The molecule has 0 spiro atoms. The number of carbonyl (C=O) groups is 1. The first-order chi connectivity index (χ1) is 10.9. The van der Waals surface area contributed by atoms with Gasteiger partial charge in [-0.15, -0.1) is 11.8 Å². The first kappa shape index (κ1) is 17.2. The summed E-state index contributed by atoms with van der Waals surface area (Å²) < 4.78 is 26.2. The fourth-order valence-electron chi connectivity index (χ4n) is 1.69. The first-order valence-corrected chi connectivity index (χ1v) is 7.55. The Kier molecular flexibility index (Phi) is 5.51. The summed E-state index contributed by atoms with van der Waals surface area (Å²) in [6.45, 7) is 0. The van der Waals surface area contributed by atoms with Gasteiger partial charge in [0.15, 0.2) is 0 Å². The van der Waals surface area contributed by atoms with Gasteiger partial charge in [-0.1, -0.05) is 11.6 Å². The molecule has 1 N–H and O–H groups in total. The Bertz CT molecular complexity index is 774. The Morgan fingerprint density at radius 3 is 2.65 bits per heavy atom. The summed E-state index contributed by atoms with van der Waals surface area (Å²) in [7, 11) is 0. The highest BCUT2D eigenvalue weighted by molar-refractivity contribution is 8.00. The van der Waals surface area contributed by atoms with Gasteiger partial charge in [0.2, 0.25) is 5.91 Å². The van der Waals surface area contributed by atoms with E-state index in [1.54, 1.807) is 0 Å². The molecule has 0 saturated carbocycles. The molecule has 0 atom stereocenters. The van der Waals surface area contributed by atoms with Crippen molar-refractivity contribution >= 4 is 40.6 Å². The zero-order valence-corrected chi connectivity index (χ0v) is 13.0. The molecule has 0 aliphatic heterocycles. The molecule has 0 heterocycles. The largest absolute Gasteiger partial charge is 0.320 e. The number of hydrogen-bond acceptors (Lipinski definition) is 4. The Morgan fingerprint density at radius 2 is 2.00 bits per heavy atom. The van der Waals surface area contributed by atoms with E-state index >= 15 is 0 Å². The highest BCUT2D eigenvalue weighted by atomic mass is 35.5. The number of hydrogen-bond donors (Lipinski definition) is 1. The van der Waals surface area contributed by atoms with E-state index in [0.29, 0.717) is 6.07 Å². The maximum atomic E-state index is 13.5. The van der Waals surface area contributed by atoms with Crippen LogP contribution in [0.25, 0.3) is 0 Å². The fourth-order valence-corrected chi connectivity index (χ4v) is 2.58. The number of nitro groups is 1. The average molecular weight is 359 g/mol. The maximum Gasteiger partial charge on any atom is 0.292 e. The van der Waals surface area contributed by atoms with Crippen molar-refractivity contribution in [2.75, 3.05) is 11.1 Å². The third-order valence-electron chi connectivity index (χ3n) is 2.68. The molecule has 0 unspecified atom stereocenters. The number of thioether (sulfide) groups is 1. The predicted octanol–water partition coefficient (Wildman–Crippen LogP) is 4.26. The number of nitro benzene ring substituents is 1. The molecule has 0 aliphatic rings. The molecule has 0 bridgehead atoms. The van der Waals surface area contributed by atoms with Crippen LogP contribution in [0.1, 0.15) is 0 Å². The molecule has 2 aromatic rings. The van der Waals surface area contributed by atoms with Crippen molar-refractivity contribution in [1.29, 1.82) is 0 Å². The second kappa shape index (κ2) is 7.38. The van der Waals surface area contributed by atoms with Crippen molar-refractivity contribution in [1.82, 2.24) is 0 Å². The minimum Gasteiger partial charge on any atom is -0.320 e. The lowest BCUT2D eigenvalue weighted by molar-refractivity contribution is -0.383. The Morgan fingerprint density at radius 1 is 1.26 bits per heavy atom. The highest BCUT2D eigenvalue weighted by Crippen LogP contribution is 2.28. The Balaban J connectivity index is 2.05. The van der Waals surface area contributed by atoms with Gasteiger partial charge in [-0.05, 0) is 24.3 Å². The van der Waals surface area contributed by atoms with Crippen molar-refractivity contribution in [2.45, 2.75) is 4.90 Å². The normalized spacial score (nSPS) is 10.4. The van der Waals surface area contributed by atoms with Crippen LogP contribution in [0.5, 0.6) is 0 Å². The molecule has 0 aliphatic carbocycles. The topological polar surface area (TPSA) is 72.2 Å². The summed E-state index contributed by atoms with van der Waals surface area (Å²) in [4.78, 5) is 22.2. The van der Waals surface area contributed by atoms with Gasteiger partial charge in [0, 0.05) is 22.1 Å². The van der Waals surface area contributed by atoms with E-state index < -0.39 is 22.5 Å². The molecule has 1 amide bonds. The van der Waals surface area contributed by atoms with E-state index in [1.807, 2.05) is 0 Å². The lowest BCUT2D eigenvalue weighted by Crippen LogP contribution is -2.15. The van der Waals surface area contributed by atoms with E-state index in [2.05, 4.69) is 5.32 Å². The van der Waals surface area contributed by atoms with Crippen molar-refractivity contribution in [2.24, 2.45) is 0 Å². The molecule has 23 heavy (non-hydrogen) atoms. The quantitative estimate of drug-likeness (QED) is 0.492. The number of nitrogens with one attached hydrogen (secondary N) is 1. The Labute approximate surface area is 138 Å². The van der Waals surface area contributed by atoms with E-state index in [1.165, 1.54) is 24.3 Å². The van der Waals surface area contributed by atoms with Crippen molar-refractivity contribution in [3.8, 4) is 0 Å². The predicted molar refractivity (Wildman–Crippen MR) is 83.8 cm³/mol. The molecule has 0 saturated heterocycles. The zero-order chi connectivity index (χ0) is 17.0. The second-order valence-corrected chi connectivity index (χ2v) is 5.78. The number of rotatable bonds is 5. The van der Waals surface area contributed by atoms with Crippen LogP contribution in [-0.2, 0) is 4.79 Å². The standard InChI is InChI=1S/C14H9ClF2N2O3S/c15-8-1-3-12(19(21)22)11(5-8)18-14(20)7-23-13-4-2-9(16)6-10(13)17/h1-6H,7H2,(H,18,20). The molecule has 2 aromatic carbocycles. The molecule has 120 valence electrons. The third kappa shape index (κ3) is 4.64. The molecule has 0 fully saturated rings. The average Bonchev–Trinajstić information content (AvgIpc) is 2.46. The van der Waals surface area contributed by atoms with Gasteiger partial charge >= 0.3 is 0 Å². The summed E-state index contributed by atoms with van der Waals surface area (Å²) in [5, 5.41) is 13.5. The van der Waals surface area contributed by atoms with E-state index in [4.69, 9.17) is 11.6 Å². The van der Waals surface area contributed by atoms with E-state index in [-0.39, 0.29) is 27.0 Å². The van der Waals surface area contributed by atoms with Gasteiger partial charge < -0.3 is 5.32 Å². The van der Waals surface area contributed by atoms with E-state index in [0.717, 1.165) is 17.8 Å². The summed E-state index contributed by atoms with van der Waals surface area (Å²) in [5.74, 6) is -2.28. The zero-order valence-electron chi connectivity index (χ0n) is 11.4. The minimum absolute atomic E-state index is 0.0484. The lowest BCUT2D eigenvalue weighted by atomic mass is 10.2. The number of nitrogens with zero attached hydrogens (tertiary/aromatic N) is 1. The second-order valence-electron chi connectivity index (χ2n) is 4.33. The number of amides is 1. The smallest absolute Gasteiger partial charge is 0.292 e. The molecule has 9 heteroatoms. The molecular formula is C14H9ClF2N2O3S. The van der Waals surface area contributed by atoms with Crippen LogP contribution in [0.15, 0.2) is 41.3 Å². The molecule has 0 radical (unpaired) electrons. The van der Waals surface area contributed by atoms with Gasteiger partial charge in [-0.25, -0.2) is 8.78 Å². The van der Waals surface area contributed by atoms with Crippen LogP contribution in [0.3, 0.4) is 0 Å². The first-order valence-electron chi connectivity index (χ1n) is 6.18. The van der Waals surface area contributed by atoms with Crippen LogP contribution in [-0.4, -0.2) is 16.6 Å². The monoisotopic (exact) mass is 358 g/mol. The maximum absolute atomic E-state index is 13.5. The van der Waals surface area contributed by atoms with Gasteiger partial charge in [0.1, 0.15) is 17.3 Å². The highest BCUT2D eigenvalue weighted by Gasteiger charge is 2.16. The third-order valence-corrected chi connectivity index (χ3v) is 3.97. The summed E-state index contributed by atoms with van der Waals surface area (Å²) in [6, 6.07) is 6.75. The molecule has 0 aromatic heterocycles. The number of benzene rings is 2. The fraction of sp³-hybridized carbons (Fsp3) is 0.0714. The molecule has 2 rings (SSSR count). The number of anilines is 1. The summed E-state index contributed by atoms with van der Waals surface area (Å²) in [6.07, 6.45) is 0. The van der Waals surface area contributed by atoms with Crippen molar-refractivity contribution in [3.63, 3.8) is 0 Å². The van der Waals surface area contributed by atoms with Crippen LogP contribution < -0.4 is 5.32 Å². The summed E-state index contributed by atoms with van der Waals surface area (Å²) in [5.41, 5.74) is -0.353. The van der Waals surface area contributed by atoms with Crippen molar-refractivity contribution < 1.29 is 18.5 Å². The molecule has 5 nitrogen and oxygen atoms in total.